The number of nitrogens with zero attached hydrogens (tertiary/aromatic N) is 5. The zero-order chi connectivity index (χ0) is 29.8. The third-order valence-electron chi connectivity index (χ3n) is 7.20. The smallest absolute Gasteiger partial charge is 0.407 e. The predicted molar refractivity (Wildman–Crippen MR) is 162 cm³/mol. The first-order valence-electron chi connectivity index (χ1n) is 13.4. The highest BCUT2D eigenvalue weighted by atomic mass is 16.5. The van der Waals surface area contributed by atoms with E-state index >= 15 is 0 Å². The number of benzene rings is 2. The highest BCUT2D eigenvalue weighted by molar-refractivity contribution is 6.02. The van der Waals surface area contributed by atoms with Crippen molar-refractivity contribution in [2.24, 2.45) is 0 Å². The summed E-state index contributed by atoms with van der Waals surface area (Å²) in [6, 6.07) is 13.6. The van der Waals surface area contributed by atoms with Crippen molar-refractivity contribution in [3.05, 3.63) is 67.0 Å². The summed E-state index contributed by atoms with van der Waals surface area (Å²) in [5.41, 5.74) is 5.60. The van der Waals surface area contributed by atoms with E-state index in [2.05, 4.69) is 38.9 Å². The molecular weight excluding hydrogens is 538 g/mol. The topological polar surface area (TPSA) is 134 Å². The number of amides is 2. The Labute approximate surface area is 243 Å². The monoisotopic (exact) mass is 571 g/mol. The van der Waals surface area contributed by atoms with E-state index in [4.69, 9.17) is 14.5 Å². The maximum atomic E-state index is 12.3. The molecule has 0 spiro atoms. The Bertz CT molecular complexity index is 1650. The van der Waals surface area contributed by atoms with Gasteiger partial charge in [0, 0.05) is 62.5 Å². The molecule has 0 bridgehead atoms. The molecular formula is C30H33N7O5. The maximum absolute atomic E-state index is 12.3. The molecule has 0 atom stereocenters. The van der Waals surface area contributed by atoms with E-state index in [1.165, 1.54) is 18.0 Å². The fourth-order valence-electron chi connectivity index (χ4n) is 5.00. The minimum atomic E-state index is -1.02. The molecule has 1 aliphatic rings. The number of likely N-dealkylation sites (N-methyl/N-ethyl adjacent to an activating group) is 2. The fraction of sp³-hybridized carbons (Fsp3) is 0.267. The van der Waals surface area contributed by atoms with Gasteiger partial charge in [-0.15, -0.1) is 0 Å². The molecule has 12 heteroatoms. The van der Waals surface area contributed by atoms with Crippen LogP contribution < -0.4 is 20.3 Å². The molecule has 3 N–H and O–H groups in total. The number of hydrogen-bond donors (Lipinski definition) is 3. The van der Waals surface area contributed by atoms with Crippen LogP contribution >= 0.6 is 0 Å². The summed E-state index contributed by atoms with van der Waals surface area (Å²) in [4.78, 5) is 35.9. The van der Waals surface area contributed by atoms with Crippen LogP contribution in [0.5, 0.6) is 5.75 Å². The SMILES string of the molecule is C=CC(=O)Nc1cc(Nc2nccc(-c3c4n(c5ccccc35)CCOC4)n2)c(OC)cc1N(C)CCN(C)C(=O)O. The van der Waals surface area contributed by atoms with Gasteiger partial charge in [-0.3, -0.25) is 4.79 Å². The van der Waals surface area contributed by atoms with Crippen LogP contribution in [0, 0.1) is 0 Å². The number of fused-ring (bicyclic) bond motifs is 3. The molecule has 0 unspecified atom stereocenters. The van der Waals surface area contributed by atoms with Crippen molar-refractivity contribution in [1.29, 1.82) is 0 Å². The number of carbonyl (C=O) groups is 2. The van der Waals surface area contributed by atoms with Crippen LogP contribution in [0.1, 0.15) is 5.69 Å². The van der Waals surface area contributed by atoms with E-state index in [0.717, 1.165) is 34.4 Å². The van der Waals surface area contributed by atoms with Crippen LogP contribution in [-0.2, 0) is 22.7 Å². The molecule has 12 nitrogen and oxygen atoms in total. The Kier molecular flexibility index (Phi) is 8.25. The third-order valence-corrected chi connectivity index (χ3v) is 7.20. The van der Waals surface area contributed by atoms with Crippen LogP contribution in [0.2, 0.25) is 0 Å². The number of ether oxygens (including phenoxy) is 2. The predicted octanol–water partition coefficient (Wildman–Crippen LogP) is 4.55. The Balaban J connectivity index is 1.50. The first kappa shape index (κ1) is 28.4. The van der Waals surface area contributed by atoms with Gasteiger partial charge in [0.1, 0.15) is 5.75 Å². The number of nitrogens with one attached hydrogen (secondary N) is 2. The van der Waals surface area contributed by atoms with Gasteiger partial charge in [-0.25, -0.2) is 14.8 Å². The molecule has 0 aliphatic carbocycles. The molecule has 0 saturated carbocycles. The average Bonchev–Trinajstić information content (AvgIpc) is 3.34. The van der Waals surface area contributed by atoms with Crippen LogP contribution in [0.15, 0.2) is 61.3 Å². The zero-order valence-electron chi connectivity index (χ0n) is 23.8. The molecule has 2 amide bonds. The van der Waals surface area contributed by atoms with E-state index in [-0.39, 0.29) is 6.54 Å². The minimum Gasteiger partial charge on any atom is -0.494 e. The Morgan fingerprint density at radius 3 is 2.76 bits per heavy atom. The van der Waals surface area contributed by atoms with Crippen LogP contribution in [0.4, 0.5) is 27.8 Å². The normalized spacial score (nSPS) is 12.4. The lowest BCUT2D eigenvalue weighted by Gasteiger charge is -2.26. The van der Waals surface area contributed by atoms with Crippen molar-refractivity contribution in [2.45, 2.75) is 13.2 Å². The molecule has 0 fully saturated rings. The molecule has 218 valence electrons. The summed E-state index contributed by atoms with van der Waals surface area (Å²) in [7, 11) is 4.85. The number of aromatic nitrogens is 3. The van der Waals surface area contributed by atoms with E-state index < -0.39 is 12.0 Å². The number of carbonyl (C=O) groups excluding carboxylic acids is 1. The standard InChI is InChI=1S/C30H33N7O5/c1-5-27(38)32-21-16-22(26(41-4)17-24(21)35(2)12-13-36(3)30(39)40)34-29-31-11-10-20(33-29)28-19-8-6-7-9-23(19)37-14-15-42-18-25(28)37/h5-11,16-17H,1,12-15,18H2,2-4H3,(H,32,38)(H,39,40)(H,31,33,34). The summed E-state index contributed by atoms with van der Waals surface area (Å²) in [6.07, 6.45) is 1.85. The van der Waals surface area contributed by atoms with Crippen molar-refractivity contribution in [3.63, 3.8) is 0 Å². The fourth-order valence-corrected chi connectivity index (χ4v) is 5.00. The van der Waals surface area contributed by atoms with E-state index in [1.807, 2.05) is 23.1 Å². The second kappa shape index (κ2) is 12.2. The number of carboxylic acid groups (broad SMARTS) is 1. The largest absolute Gasteiger partial charge is 0.494 e. The third kappa shape index (κ3) is 5.70. The Morgan fingerprint density at radius 1 is 1.19 bits per heavy atom. The summed E-state index contributed by atoms with van der Waals surface area (Å²) < 4.78 is 13.8. The van der Waals surface area contributed by atoms with Crippen molar-refractivity contribution in [3.8, 4) is 17.0 Å². The van der Waals surface area contributed by atoms with Gasteiger partial charge >= 0.3 is 6.09 Å². The van der Waals surface area contributed by atoms with Gasteiger partial charge in [-0.05, 0) is 24.3 Å². The van der Waals surface area contributed by atoms with Gasteiger partial charge in [0.15, 0.2) is 0 Å². The number of para-hydroxylation sites is 1. The first-order chi connectivity index (χ1) is 20.3. The Morgan fingerprint density at radius 2 is 2.00 bits per heavy atom. The highest BCUT2D eigenvalue weighted by Crippen LogP contribution is 2.39. The van der Waals surface area contributed by atoms with Gasteiger partial charge in [-0.2, -0.15) is 0 Å². The molecule has 0 saturated heterocycles. The van der Waals surface area contributed by atoms with Crippen LogP contribution in [0.3, 0.4) is 0 Å². The van der Waals surface area contributed by atoms with Crippen molar-refractivity contribution < 1.29 is 24.2 Å². The molecule has 2 aromatic heterocycles. The summed E-state index contributed by atoms with van der Waals surface area (Å²) >= 11 is 0. The summed E-state index contributed by atoms with van der Waals surface area (Å²) in [6.45, 7) is 6.11. The van der Waals surface area contributed by atoms with Gasteiger partial charge in [0.05, 0.1) is 48.8 Å². The van der Waals surface area contributed by atoms with Gasteiger partial charge < -0.3 is 39.6 Å². The molecule has 3 heterocycles. The Hall–Kier alpha value is -5.10. The summed E-state index contributed by atoms with van der Waals surface area (Å²) in [5, 5.41) is 16.4. The second-order valence-electron chi connectivity index (χ2n) is 9.82. The molecule has 1 aliphatic heterocycles. The highest BCUT2D eigenvalue weighted by Gasteiger charge is 2.23. The first-order valence-corrected chi connectivity index (χ1v) is 13.4. The zero-order valence-corrected chi connectivity index (χ0v) is 23.8. The van der Waals surface area contributed by atoms with Crippen molar-refractivity contribution >= 4 is 45.9 Å². The summed E-state index contributed by atoms with van der Waals surface area (Å²) in [5.74, 6) is 0.431. The van der Waals surface area contributed by atoms with E-state index in [1.54, 1.807) is 32.5 Å². The van der Waals surface area contributed by atoms with Gasteiger partial charge in [-0.1, -0.05) is 24.8 Å². The minimum absolute atomic E-state index is 0.257. The molecule has 42 heavy (non-hydrogen) atoms. The number of hydrogen-bond acceptors (Lipinski definition) is 8. The lowest BCUT2D eigenvalue weighted by molar-refractivity contribution is -0.111. The van der Waals surface area contributed by atoms with Gasteiger partial charge in [0.25, 0.3) is 0 Å². The van der Waals surface area contributed by atoms with Crippen LogP contribution in [-0.4, -0.2) is 77.4 Å². The number of anilines is 4. The molecule has 0 radical (unpaired) electrons. The van der Waals surface area contributed by atoms with Crippen molar-refractivity contribution in [1.82, 2.24) is 19.4 Å². The van der Waals surface area contributed by atoms with E-state index in [9.17, 15) is 14.7 Å². The molecule has 5 rings (SSSR count). The lowest BCUT2D eigenvalue weighted by Crippen LogP contribution is -2.34. The quantitative estimate of drug-likeness (QED) is 0.234. The average molecular weight is 572 g/mol. The lowest BCUT2D eigenvalue weighted by atomic mass is 10.1. The van der Waals surface area contributed by atoms with Gasteiger partial charge in [0.2, 0.25) is 11.9 Å². The second-order valence-corrected chi connectivity index (χ2v) is 9.82. The van der Waals surface area contributed by atoms with Crippen LogP contribution in [0.25, 0.3) is 22.2 Å². The molecule has 4 aromatic rings. The van der Waals surface area contributed by atoms with Crippen molar-refractivity contribution in [2.75, 3.05) is 56.4 Å². The number of methoxy groups -OCH3 is 1. The number of rotatable bonds is 10. The van der Waals surface area contributed by atoms with E-state index in [0.29, 0.717) is 48.5 Å². The molecule has 2 aromatic carbocycles. The maximum Gasteiger partial charge on any atom is 0.407 e.